The molecular formula is C18H24N2. The summed E-state index contributed by atoms with van der Waals surface area (Å²) in [5.41, 5.74) is 6.43. The minimum atomic E-state index is 0.333. The highest BCUT2D eigenvalue weighted by molar-refractivity contribution is 5.69. The second-order valence-electron chi connectivity index (χ2n) is 5.42. The number of hydrogen-bond donors (Lipinski definition) is 1. The van der Waals surface area contributed by atoms with E-state index < -0.39 is 0 Å². The number of aryl methyl sites for hydroxylation is 2. The molecule has 0 aromatic heterocycles. The van der Waals surface area contributed by atoms with Crippen molar-refractivity contribution in [1.29, 1.82) is 0 Å². The molecule has 0 spiro atoms. The van der Waals surface area contributed by atoms with Crippen LogP contribution >= 0.6 is 0 Å². The standard InChI is InChI=1S/C18H24N2/c1-13-10-11-17(14(2)12-13)20(5)18-9-7-6-8-16(18)15(3)19-4/h6-12,15,19H,1-5H3. The van der Waals surface area contributed by atoms with Gasteiger partial charge >= 0.3 is 0 Å². The Labute approximate surface area is 122 Å². The molecule has 0 aliphatic rings. The van der Waals surface area contributed by atoms with Gasteiger partial charge in [0.25, 0.3) is 0 Å². The Balaban J connectivity index is 2.45. The first-order valence-corrected chi connectivity index (χ1v) is 7.11. The number of nitrogens with one attached hydrogen (secondary N) is 1. The molecule has 1 N–H and O–H groups in total. The van der Waals surface area contributed by atoms with Crippen LogP contribution in [0.3, 0.4) is 0 Å². The van der Waals surface area contributed by atoms with Gasteiger partial charge in [-0.25, -0.2) is 0 Å². The van der Waals surface area contributed by atoms with Crippen molar-refractivity contribution in [3.8, 4) is 0 Å². The predicted octanol–water partition coefficient (Wildman–Crippen LogP) is 4.35. The van der Waals surface area contributed by atoms with Crippen molar-refractivity contribution in [2.45, 2.75) is 26.8 Å². The number of rotatable bonds is 4. The van der Waals surface area contributed by atoms with Crippen molar-refractivity contribution in [2.24, 2.45) is 0 Å². The SMILES string of the molecule is CNC(C)c1ccccc1N(C)c1ccc(C)cc1C. The highest BCUT2D eigenvalue weighted by atomic mass is 15.1. The van der Waals surface area contributed by atoms with Crippen molar-refractivity contribution in [2.75, 3.05) is 19.0 Å². The summed E-state index contributed by atoms with van der Waals surface area (Å²) >= 11 is 0. The molecular weight excluding hydrogens is 244 g/mol. The molecule has 2 aromatic carbocycles. The van der Waals surface area contributed by atoms with Crippen LogP contribution in [0.1, 0.15) is 29.7 Å². The molecule has 0 amide bonds. The number of para-hydroxylation sites is 1. The van der Waals surface area contributed by atoms with Gasteiger partial charge in [0.1, 0.15) is 0 Å². The van der Waals surface area contributed by atoms with Gasteiger partial charge in [-0.05, 0) is 51.1 Å². The lowest BCUT2D eigenvalue weighted by Crippen LogP contribution is -2.18. The molecule has 0 aliphatic carbocycles. The fourth-order valence-corrected chi connectivity index (χ4v) is 2.63. The van der Waals surface area contributed by atoms with Crippen molar-refractivity contribution in [3.63, 3.8) is 0 Å². The number of nitrogens with zero attached hydrogens (tertiary/aromatic N) is 1. The Kier molecular flexibility index (Phi) is 4.46. The monoisotopic (exact) mass is 268 g/mol. The first-order valence-electron chi connectivity index (χ1n) is 7.11. The van der Waals surface area contributed by atoms with Crippen molar-refractivity contribution in [3.05, 3.63) is 59.2 Å². The maximum atomic E-state index is 3.33. The minimum Gasteiger partial charge on any atom is -0.344 e. The number of anilines is 2. The average molecular weight is 268 g/mol. The summed E-state index contributed by atoms with van der Waals surface area (Å²) in [5.74, 6) is 0. The molecule has 1 unspecified atom stereocenters. The van der Waals surface area contributed by atoms with E-state index >= 15 is 0 Å². The van der Waals surface area contributed by atoms with E-state index in [9.17, 15) is 0 Å². The summed E-state index contributed by atoms with van der Waals surface area (Å²) in [6, 6.07) is 15.5. The number of hydrogen-bond acceptors (Lipinski definition) is 2. The van der Waals surface area contributed by atoms with Crippen LogP contribution in [-0.4, -0.2) is 14.1 Å². The van der Waals surface area contributed by atoms with Gasteiger partial charge < -0.3 is 10.2 Å². The molecule has 0 saturated carbocycles. The normalized spacial score (nSPS) is 12.2. The Hall–Kier alpha value is -1.80. The average Bonchev–Trinajstić information content (AvgIpc) is 2.46. The van der Waals surface area contributed by atoms with Gasteiger partial charge in [0.15, 0.2) is 0 Å². The van der Waals surface area contributed by atoms with E-state index in [1.807, 2.05) is 7.05 Å². The highest BCUT2D eigenvalue weighted by Gasteiger charge is 2.14. The molecule has 0 fully saturated rings. The fraction of sp³-hybridized carbons (Fsp3) is 0.333. The molecule has 0 heterocycles. The van der Waals surface area contributed by atoms with Crippen LogP contribution in [-0.2, 0) is 0 Å². The van der Waals surface area contributed by atoms with Gasteiger partial charge in [0.05, 0.1) is 0 Å². The van der Waals surface area contributed by atoms with E-state index in [1.54, 1.807) is 0 Å². The summed E-state index contributed by atoms with van der Waals surface area (Å²) in [6.07, 6.45) is 0. The summed E-state index contributed by atoms with van der Waals surface area (Å²) in [5, 5.41) is 3.33. The van der Waals surface area contributed by atoms with Crippen LogP contribution in [0.5, 0.6) is 0 Å². The van der Waals surface area contributed by atoms with E-state index in [0.29, 0.717) is 6.04 Å². The van der Waals surface area contributed by atoms with Gasteiger partial charge in [0.2, 0.25) is 0 Å². The van der Waals surface area contributed by atoms with Gasteiger partial charge in [-0.1, -0.05) is 35.9 Å². The molecule has 0 radical (unpaired) electrons. The Morgan fingerprint density at radius 2 is 1.70 bits per heavy atom. The third kappa shape index (κ3) is 2.86. The van der Waals surface area contributed by atoms with E-state index in [0.717, 1.165) is 0 Å². The van der Waals surface area contributed by atoms with Gasteiger partial charge in [-0.3, -0.25) is 0 Å². The summed E-state index contributed by atoms with van der Waals surface area (Å²) < 4.78 is 0. The molecule has 2 heteroatoms. The molecule has 20 heavy (non-hydrogen) atoms. The van der Waals surface area contributed by atoms with Gasteiger partial charge in [0, 0.05) is 24.5 Å². The fourth-order valence-electron chi connectivity index (χ4n) is 2.63. The highest BCUT2D eigenvalue weighted by Crippen LogP contribution is 2.32. The predicted molar refractivity (Wildman–Crippen MR) is 87.9 cm³/mol. The molecule has 106 valence electrons. The lowest BCUT2D eigenvalue weighted by molar-refractivity contribution is 0.652. The maximum absolute atomic E-state index is 3.33. The lowest BCUT2D eigenvalue weighted by Gasteiger charge is -2.26. The second-order valence-corrected chi connectivity index (χ2v) is 5.42. The molecule has 2 nitrogen and oxygen atoms in total. The summed E-state index contributed by atoms with van der Waals surface area (Å²) in [7, 11) is 4.14. The smallest absolute Gasteiger partial charge is 0.0456 e. The molecule has 2 rings (SSSR count). The maximum Gasteiger partial charge on any atom is 0.0456 e. The molecule has 2 aromatic rings. The van der Waals surface area contributed by atoms with Crippen molar-refractivity contribution >= 4 is 11.4 Å². The minimum absolute atomic E-state index is 0.333. The van der Waals surface area contributed by atoms with E-state index in [2.05, 4.69) is 80.5 Å². The summed E-state index contributed by atoms with van der Waals surface area (Å²) in [4.78, 5) is 2.28. The van der Waals surface area contributed by atoms with Crippen LogP contribution in [0.2, 0.25) is 0 Å². The molecule has 0 aliphatic heterocycles. The largest absolute Gasteiger partial charge is 0.344 e. The van der Waals surface area contributed by atoms with Gasteiger partial charge in [-0.2, -0.15) is 0 Å². The Morgan fingerprint density at radius 1 is 1.00 bits per heavy atom. The molecule has 1 atom stereocenters. The molecule has 0 saturated heterocycles. The first-order chi connectivity index (χ1) is 9.54. The third-order valence-corrected chi connectivity index (χ3v) is 3.91. The number of benzene rings is 2. The van der Waals surface area contributed by atoms with E-state index in [-0.39, 0.29) is 0 Å². The van der Waals surface area contributed by atoms with Crippen LogP contribution in [0.15, 0.2) is 42.5 Å². The van der Waals surface area contributed by atoms with Crippen molar-refractivity contribution < 1.29 is 0 Å². The second kappa shape index (κ2) is 6.10. The van der Waals surface area contributed by atoms with Crippen LogP contribution in [0.4, 0.5) is 11.4 Å². The quantitative estimate of drug-likeness (QED) is 0.886. The first kappa shape index (κ1) is 14.6. The molecule has 0 bridgehead atoms. The third-order valence-electron chi connectivity index (χ3n) is 3.91. The van der Waals surface area contributed by atoms with Gasteiger partial charge in [-0.15, -0.1) is 0 Å². The zero-order valence-corrected chi connectivity index (χ0v) is 13.1. The Bertz CT molecular complexity index is 590. The van der Waals surface area contributed by atoms with Crippen LogP contribution in [0.25, 0.3) is 0 Å². The van der Waals surface area contributed by atoms with Crippen LogP contribution < -0.4 is 10.2 Å². The van der Waals surface area contributed by atoms with E-state index in [1.165, 1.54) is 28.1 Å². The Morgan fingerprint density at radius 3 is 2.35 bits per heavy atom. The zero-order chi connectivity index (χ0) is 14.7. The topological polar surface area (TPSA) is 15.3 Å². The van der Waals surface area contributed by atoms with Crippen molar-refractivity contribution in [1.82, 2.24) is 5.32 Å². The zero-order valence-electron chi connectivity index (χ0n) is 13.1. The van der Waals surface area contributed by atoms with Crippen LogP contribution in [0, 0.1) is 13.8 Å². The summed E-state index contributed by atoms with van der Waals surface area (Å²) in [6.45, 7) is 6.49. The van der Waals surface area contributed by atoms with E-state index in [4.69, 9.17) is 0 Å². The lowest BCUT2D eigenvalue weighted by atomic mass is 10.0.